The van der Waals surface area contributed by atoms with Crippen molar-refractivity contribution in [2.75, 3.05) is 0 Å². The van der Waals surface area contributed by atoms with Crippen LogP contribution in [0.25, 0.3) is 99.5 Å². The van der Waals surface area contributed by atoms with Crippen molar-refractivity contribution in [1.29, 1.82) is 0 Å². The molecule has 2 heterocycles. The standard InChI is InChI=1S/C54H36N2/c1-3-15-37(16-4-1)39-19-13-21-43(33-39)45-23-7-10-26-50(45)56-52-28-12-9-25-47(52)49-36-42(30-32-54(49)56)41-29-31-53-48(35-41)46-24-8-11-27-51(46)55(53)44-22-14-20-40(34-44)38-17-5-2-6-18-38/h1-36H. The number of aromatic nitrogens is 2. The van der Waals surface area contributed by atoms with Gasteiger partial charge in [-0.25, -0.2) is 0 Å². The Morgan fingerprint density at radius 3 is 1.34 bits per heavy atom. The summed E-state index contributed by atoms with van der Waals surface area (Å²) in [5.74, 6) is 0. The number of hydrogen-bond donors (Lipinski definition) is 0. The zero-order valence-electron chi connectivity index (χ0n) is 30.7. The van der Waals surface area contributed by atoms with E-state index in [0.717, 1.165) is 5.69 Å². The van der Waals surface area contributed by atoms with Crippen molar-refractivity contribution in [2.24, 2.45) is 0 Å². The quantitative estimate of drug-likeness (QED) is 0.162. The highest BCUT2D eigenvalue weighted by Gasteiger charge is 2.18. The summed E-state index contributed by atoms with van der Waals surface area (Å²) in [6.07, 6.45) is 0. The fourth-order valence-corrected chi connectivity index (χ4v) is 8.71. The van der Waals surface area contributed by atoms with E-state index in [4.69, 9.17) is 0 Å². The van der Waals surface area contributed by atoms with Crippen molar-refractivity contribution in [3.8, 4) is 55.9 Å². The third kappa shape index (κ3) is 5.26. The van der Waals surface area contributed by atoms with Crippen LogP contribution in [0.2, 0.25) is 0 Å². The maximum absolute atomic E-state index is 2.44. The summed E-state index contributed by atoms with van der Waals surface area (Å²) in [4.78, 5) is 0. The second-order valence-corrected chi connectivity index (χ2v) is 14.5. The van der Waals surface area contributed by atoms with Crippen LogP contribution in [-0.4, -0.2) is 9.13 Å². The largest absolute Gasteiger partial charge is 0.309 e. The molecule has 0 radical (unpaired) electrons. The van der Waals surface area contributed by atoms with Crippen LogP contribution in [0.4, 0.5) is 0 Å². The summed E-state index contributed by atoms with van der Waals surface area (Å²) >= 11 is 0. The third-order valence-electron chi connectivity index (χ3n) is 11.3. The minimum absolute atomic E-state index is 1.16. The minimum Gasteiger partial charge on any atom is -0.309 e. The van der Waals surface area contributed by atoms with E-state index in [-0.39, 0.29) is 0 Å². The summed E-state index contributed by atoms with van der Waals surface area (Å²) in [6, 6.07) is 79.4. The van der Waals surface area contributed by atoms with Crippen molar-refractivity contribution < 1.29 is 0 Å². The summed E-state index contributed by atoms with van der Waals surface area (Å²) in [5.41, 5.74) is 16.8. The van der Waals surface area contributed by atoms with Gasteiger partial charge in [-0.1, -0.05) is 158 Å². The number of benzene rings is 9. The van der Waals surface area contributed by atoms with E-state index in [0.29, 0.717) is 0 Å². The second kappa shape index (κ2) is 13.2. The zero-order chi connectivity index (χ0) is 37.0. The maximum atomic E-state index is 2.44. The molecule has 2 heteroatoms. The summed E-state index contributed by atoms with van der Waals surface area (Å²) in [5, 5.41) is 4.98. The van der Waals surface area contributed by atoms with E-state index in [9.17, 15) is 0 Å². The van der Waals surface area contributed by atoms with Gasteiger partial charge < -0.3 is 9.13 Å². The van der Waals surface area contributed by atoms with Crippen LogP contribution in [0.1, 0.15) is 0 Å². The zero-order valence-corrected chi connectivity index (χ0v) is 30.7. The van der Waals surface area contributed by atoms with Gasteiger partial charge in [0.15, 0.2) is 0 Å². The number of fused-ring (bicyclic) bond motifs is 6. The van der Waals surface area contributed by atoms with Crippen LogP contribution >= 0.6 is 0 Å². The molecule has 2 nitrogen and oxygen atoms in total. The van der Waals surface area contributed by atoms with Gasteiger partial charge in [0.25, 0.3) is 0 Å². The number of nitrogens with zero attached hydrogens (tertiary/aromatic N) is 2. The molecule has 0 saturated heterocycles. The highest BCUT2D eigenvalue weighted by atomic mass is 15.0. The summed E-state index contributed by atoms with van der Waals surface area (Å²) in [6.45, 7) is 0. The lowest BCUT2D eigenvalue weighted by Crippen LogP contribution is -1.97. The van der Waals surface area contributed by atoms with Crippen LogP contribution in [-0.2, 0) is 0 Å². The van der Waals surface area contributed by atoms with Crippen molar-refractivity contribution in [3.05, 3.63) is 218 Å². The minimum atomic E-state index is 1.16. The molecule has 2 aromatic heterocycles. The predicted molar refractivity (Wildman–Crippen MR) is 237 cm³/mol. The average Bonchev–Trinajstić information content (AvgIpc) is 3.79. The molecule has 0 fully saturated rings. The first kappa shape index (κ1) is 32.0. The Bertz CT molecular complexity index is 3240. The molecular weight excluding hydrogens is 677 g/mol. The molecule has 0 amide bonds. The van der Waals surface area contributed by atoms with Gasteiger partial charge in [-0.2, -0.15) is 0 Å². The lowest BCUT2D eigenvalue weighted by atomic mass is 9.98. The van der Waals surface area contributed by atoms with Gasteiger partial charge in [0, 0.05) is 32.8 Å². The van der Waals surface area contributed by atoms with E-state index < -0.39 is 0 Å². The number of para-hydroxylation sites is 3. The van der Waals surface area contributed by atoms with Gasteiger partial charge in [0.1, 0.15) is 0 Å². The molecule has 0 aliphatic carbocycles. The van der Waals surface area contributed by atoms with Crippen molar-refractivity contribution in [2.45, 2.75) is 0 Å². The Hall–Kier alpha value is -7.42. The van der Waals surface area contributed by atoms with Crippen LogP contribution in [0.5, 0.6) is 0 Å². The van der Waals surface area contributed by atoms with Crippen molar-refractivity contribution >= 4 is 43.6 Å². The van der Waals surface area contributed by atoms with Gasteiger partial charge in [-0.3, -0.25) is 0 Å². The molecule has 56 heavy (non-hydrogen) atoms. The summed E-state index contributed by atoms with van der Waals surface area (Å²) < 4.78 is 4.85. The van der Waals surface area contributed by atoms with Crippen LogP contribution in [0.3, 0.4) is 0 Å². The van der Waals surface area contributed by atoms with Gasteiger partial charge >= 0.3 is 0 Å². The average molecular weight is 713 g/mol. The molecule has 0 spiro atoms. The van der Waals surface area contributed by atoms with E-state index in [1.54, 1.807) is 0 Å². The molecule has 0 atom stereocenters. The highest BCUT2D eigenvalue weighted by Crippen LogP contribution is 2.40. The van der Waals surface area contributed by atoms with E-state index >= 15 is 0 Å². The Labute approximate surface area is 325 Å². The normalized spacial score (nSPS) is 11.6. The van der Waals surface area contributed by atoms with Crippen molar-refractivity contribution in [1.82, 2.24) is 9.13 Å². The molecule has 0 saturated carbocycles. The smallest absolute Gasteiger partial charge is 0.0541 e. The highest BCUT2D eigenvalue weighted by molar-refractivity contribution is 6.13. The van der Waals surface area contributed by atoms with Crippen LogP contribution < -0.4 is 0 Å². The predicted octanol–water partition coefficient (Wildman–Crippen LogP) is 14.5. The molecule has 0 aliphatic rings. The molecular formula is C54H36N2. The number of hydrogen-bond acceptors (Lipinski definition) is 0. The lowest BCUT2D eigenvalue weighted by Gasteiger charge is -2.15. The SMILES string of the molecule is c1ccc(-c2cccc(-c3ccccc3-n3c4ccccc4c4cc(-c5ccc6c(c5)c5ccccc5n6-c5cccc(-c6ccccc6)c5)ccc43)c2)cc1. The molecule has 0 bridgehead atoms. The monoisotopic (exact) mass is 712 g/mol. The van der Waals surface area contributed by atoms with E-state index in [2.05, 4.69) is 228 Å². The summed E-state index contributed by atoms with van der Waals surface area (Å²) in [7, 11) is 0. The first-order valence-corrected chi connectivity index (χ1v) is 19.3. The van der Waals surface area contributed by atoms with Gasteiger partial charge in [-0.15, -0.1) is 0 Å². The molecule has 11 aromatic rings. The lowest BCUT2D eigenvalue weighted by molar-refractivity contribution is 1.18. The Kier molecular flexibility index (Phi) is 7.53. The molecule has 262 valence electrons. The van der Waals surface area contributed by atoms with Crippen molar-refractivity contribution in [3.63, 3.8) is 0 Å². The first-order valence-electron chi connectivity index (χ1n) is 19.3. The van der Waals surface area contributed by atoms with Gasteiger partial charge in [0.2, 0.25) is 0 Å². The molecule has 9 aromatic carbocycles. The van der Waals surface area contributed by atoms with Crippen LogP contribution in [0, 0.1) is 0 Å². The van der Waals surface area contributed by atoms with E-state index in [1.165, 1.54) is 93.8 Å². The van der Waals surface area contributed by atoms with Crippen LogP contribution in [0.15, 0.2) is 218 Å². The number of rotatable bonds is 6. The Balaban J connectivity index is 1.05. The topological polar surface area (TPSA) is 9.86 Å². The second-order valence-electron chi connectivity index (χ2n) is 14.5. The fourth-order valence-electron chi connectivity index (χ4n) is 8.71. The fraction of sp³-hybridized carbons (Fsp3) is 0. The van der Waals surface area contributed by atoms with E-state index in [1.807, 2.05) is 0 Å². The van der Waals surface area contributed by atoms with Gasteiger partial charge in [0.05, 0.1) is 27.8 Å². The Morgan fingerprint density at radius 1 is 0.232 bits per heavy atom. The van der Waals surface area contributed by atoms with Gasteiger partial charge in [-0.05, 0) is 99.6 Å². The molecule has 11 rings (SSSR count). The molecule has 0 unspecified atom stereocenters. The Morgan fingerprint density at radius 2 is 0.679 bits per heavy atom. The first-order chi connectivity index (χ1) is 27.8. The molecule has 0 aliphatic heterocycles. The third-order valence-corrected chi connectivity index (χ3v) is 11.3. The maximum Gasteiger partial charge on any atom is 0.0541 e. The molecule has 0 N–H and O–H groups in total.